The summed E-state index contributed by atoms with van der Waals surface area (Å²) < 4.78 is 5.16. The Hall–Kier alpha value is -0.800. The van der Waals surface area contributed by atoms with Gasteiger partial charge in [0.25, 0.3) is 0 Å². The van der Waals surface area contributed by atoms with E-state index in [-0.39, 0.29) is 0 Å². The standard InChI is InChI=1S/C10H15NO2/c12-10(9-5-4-8-13-9)11-6-2-1-3-7-11/h4-5,8,10,12H,1-3,6-7H2. The lowest BCUT2D eigenvalue weighted by Crippen LogP contribution is -2.33. The molecule has 0 amide bonds. The molecule has 3 nitrogen and oxygen atoms in total. The Morgan fingerprint density at radius 3 is 2.69 bits per heavy atom. The Morgan fingerprint density at radius 1 is 1.31 bits per heavy atom. The maximum Gasteiger partial charge on any atom is 0.166 e. The summed E-state index contributed by atoms with van der Waals surface area (Å²) in [5.41, 5.74) is 0. The predicted octanol–water partition coefficient (Wildman–Crippen LogP) is 1.76. The van der Waals surface area contributed by atoms with E-state index in [1.807, 2.05) is 12.1 Å². The van der Waals surface area contributed by atoms with Crippen molar-refractivity contribution in [3.05, 3.63) is 24.2 Å². The number of aliphatic hydroxyl groups excluding tert-OH is 1. The summed E-state index contributed by atoms with van der Waals surface area (Å²) in [6.07, 6.45) is 4.69. The van der Waals surface area contributed by atoms with Gasteiger partial charge in [0.05, 0.1) is 6.26 Å². The topological polar surface area (TPSA) is 36.6 Å². The zero-order chi connectivity index (χ0) is 9.10. The van der Waals surface area contributed by atoms with Gasteiger partial charge in [-0.15, -0.1) is 0 Å². The molecule has 0 spiro atoms. The number of likely N-dealkylation sites (tertiary alicyclic amines) is 1. The van der Waals surface area contributed by atoms with Crippen LogP contribution in [0.4, 0.5) is 0 Å². The molecular formula is C10H15NO2. The van der Waals surface area contributed by atoms with Crippen LogP contribution in [0.2, 0.25) is 0 Å². The van der Waals surface area contributed by atoms with Gasteiger partial charge in [-0.3, -0.25) is 4.90 Å². The summed E-state index contributed by atoms with van der Waals surface area (Å²) in [5, 5.41) is 9.87. The van der Waals surface area contributed by atoms with E-state index in [4.69, 9.17) is 4.42 Å². The molecule has 0 saturated carbocycles. The van der Waals surface area contributed by atoms with Crippen LogP contribution in [0.5, 0.6) is 0 Å². The third kappa shape index (κ3) is 1.92. The molecule has 0 radical (unpaired) electrons. The van der Waals surface area contributed by atoms with E-state index in [1.54, 1.807) is 6.26 Å². The van der Waals surface area contributed by atoms with Crippen molar-refractivity contribution in [3.63, 3.8) is 0 Å². The minimum atomic E-state index is -0.546. The van der Waals surface area contributed by atoms with Gasteiger partial charge in [0.15, 0.2) is 6.23 Å². The molecule has 13 heavy (non-hydrogen) atoms. The van der Waals surface area contributed by atoms with Crippen molar-refractivity contribution in [2.24, 2.45) is 0 Å². The molecule has 0 bridgehead atoms. The molecule has 1 aromatic rings. The SMILES string of the molecule is OC(c1ccco1)N1CCCCC1. The molecule has 1 aliphatic rings. The van der Waals surface area contributed by atoms with Crippen LogP contribution in [0.3, 0.4) is 0 Å². The number of aliphatic hydroxyl groups is 1. The average molecular weight is 181 g/mol. The molecule has 1 unspecified atom stereocenters. The molecule has 1 atom stereocenters. The first-order valence-corrected chi connectivity index (χ1v) is 4.83. The van der Waals surface area contributed by atoms with Crippen molar-refractivity contribution in [1.29, 1.82) is 0 Å². The van der Waals surface area contributed by atoms with Crippen LogP contribution in [0.25, 0.3) is 0 Å². The number of piperidine rings is 1. The number of rotatable bonds is 2. The minimum Gasteiger partial charge on any atom is -0.465 e. The largest absolute Gasteiger partial charge is 0.465 e. The second-order valence-corrected chi connectivity index (χ2v) is 3.49. The molecule has 1 saturated heterocycles. The van der Waals surface area contributed by atoms with Crippen molar-refractivity contribution in [2.75, 3.05) is 13.1 Å². The van der Waals surface area contributed by atoms with Crippen molar-refractivity contribution in [3.8, 4) is 0 Å². The number of furan rings is 1. The van der Waals surface area contributed by atoms with Crippen LogP contribution in [-0.2, 0) is 0 Å². The van der Waals surface area contributed by atoms with Crippen molar-refractivity contribution in [2.45, 2.75) is 25.5 Å². The zero-order valence-electron chi connectivity index (χ0n) is 7.65. The van der Waals surface area contributed by atoms with E-state index in [9.17, 15) is 5.11 Å². The molecule has 3 heteroatoms. The average Bonchev–Trinajstić information content (AvgIpc) is 2.71. The van der Waals surface area contributed by atoms with Crippen LogP contribution < -0.4 is 0 Å². The summed E-state index contributed by atoms with van der Waals surface area (Å²) in [7, 11) is 0. The highest BCUT2D eigenvalue weighted by molar-refractivity contribution is 5.01. The summed E-state index contributed by atoms with van der Waals surface area (Å²) in [4.78, 5) is 2.06. The van der Waals surface area contributed by atoms with Gasteiger partial charge in [-0.1, -0.05) is 6.42 Å². The van der Waals surface area contributed by atoms with Crippen molar-refractivity contribution < 1.29 is 9.52 Å². The fraction of sp³-hybridized carbons (Fsp3) is 0.600. The fourth-order valence-electron chi connectivity index (χ4n) is 1.78. The van der Waals surface area contributed by atoms with Crippen LogP contribution in [0, 0.1) is 0 Å². The Morgan fingerprint density at radius 2 is 2.08 bits per heavy atom. The van der Waals surface area contributed by atoms with Gasteiger partial charge in [0.1, 0.15) is 5.76 Å². The van der Waals surface area contributed by atoms with E-state index in [2.05, 4.69) is 4.90 Å². The lowest BCUT2D eigenvalue weighted by Gasteiger charge is -2.29. The fourth-order valence-corrected chi connectivity index (χ4v) is 1.78. The molecule has 72 valence electrons. The molecule has 2 heterocycles. The van der Waals surface area contributed by atoms with E-state index in [0.717, 1.165) is 13.1 Å². The summed E-state index contributed by atoms with van der Waals surface area (Å²) in [5.74, 6) is 0.655. The molecule has 2 rings (SSSR count). The van der Waals surface area contributed by atoms with E-state index in [1.165, 1.54) is 19.3 Å². The third-order valence-corrected chi connectivity index (χ3v) is 2.53. The smallest absolute Gasteiger partial charge is 0.166 e. The normalized spacial score (nSPS) is 21.6. The highest BCUT2D eigenvalue weighted by Crippen LogP contribution is 2.21. The lowest BCUT2D eigenvalue weighted by molar-refractivity contribution is -0.0244. The van der Waals surface area contributed by atoms with Gasteiger partial charge < -0.3 is 9.52 Å². The molecular weight excluding hydrogens is 166 g/mol. The van der Waals surface area contributed by atoms with Gasteiger partial charge >= 0.3 is 0 Å². The van der Waals surface area contributed by atoms with E-state index >= 15 is 0 Å². The Labute approximate surface area is 78.0 Å². The van der Waals surface area contributed by atoms with Gasteiger partial charge in [-0.25, -0.2) is 0 Å². The molecule has 1 N–H and O–H groups in total. The maximum atomic E-state index is 9.87. The van der Waals surface area contributed by atoms with E-state index in [0.29, 0.717) is 5.76 Å². The van der Waals surface area contributed by atoms with Crippen LogP contribution in [-0.4, -0.2) is 23.1 Å². The van der Waals surface area contributed by atoms with Gasteiger partial charge in [-0.05, 0) is 25.0 Å². The predicted molar refractivity (Wildman–Crippen MR) is 49.1 cm³/mol. The number of hydrogen-bond donors (Lipinski definition) is 1. The Bertz CT molecular complexity index is 239. The van der Waals surface area contributed by atoms with Gasteiger partial charge in [0.2, 0.25) is 0 Å². The monoisotopic (exact) mass is 181 g/mol. The highest BCUT2D eigenvalue weighted by Gasteiger charge is 2.21. The summed E-state index contributed by atoms with van der Waals surface area (Å²) in [6, 6.07) is 3.63. The second kappa shape index (κ2) is 3.94. The van der Waals surface area contributed by atoms with Crippen molar-refractivity contribution in [1.82, 2.24) is 4.90 Å². The third-order valence-electron chi connectivity index (χ3n) is 2.53. The van der Waals surface area contributed by atoms with Crippen molar-refractivity contribution >= 4 is 0 Å². The first-order valence-electron chi connectivity index (χ1n) is 4.83. The van der Waals surface area contributed by atoms with Crippen LogP contribution >= 0.6 is 0 Å². The molecule has 1 fully saturated rings. The zero-order valence-corrected chi connectivity index (χ0v) is 7.65. The molecule has 0 aliphatic carbocycles. The Balaban J connectivity index is 1.99. The van der Waals surface area contributed by atoms with Gasteiger partial charge in [0, 0.05) is 13.1 Å². The lowest BCUT2D eigenvalue weighted by atomic mass is 10.1. The van der Waals surface area contributed by atoms with Crippen LogP contribution in [0.1, 0.15) is 31.3 Å². The molecule has 1 aromatic heterocycles. The first-order chi connectivity index (χ1) is 6.38. The van der Waals surface area contributed by atoms with Crippen LogP contribution in [0.15, 0.2) is 22.8 Å². The first kappa shape index (κ1) is 8.78. The number of nitrogens with zero attached hydrogens (tertiary/aromatic N) is 1. The quantitative estimate of drug-likeness (QED) is 0.755. The van der Waals surface area contributed by atoms with Gasteiger partial charge in [-0.2, -0.15) is 0 Å². The maximum absolute atomic E-state index is 9.87. The van der Waals surface area contributed by atoms with E-state index < -0.39 is 6.23 Å². The number of hydrogen-bond acceptors (Lipinski definition) is 3. The highest BCUT2D eigenvalue weighted by atomic mass is 16.4. The second-order valence-electron chi connectivity index (χ2n) is 3.49. The summed E-state index contributed by atoms with van der Waals surface area (Å²) in [6.45, 7) is 1.95. The Kier molecular flexibility index (Phi) is 2.66. The summed E-state index contributed by atoms with van der Waals surface area (Å²) >= 11 is 0. The molecule has 1 aliphatic heterocycles. The minimum absolute atomic E-state index is 0.546. The molecule has 0 aromatic carbocycles.